The Morgan fingerprint density at radius 1 is 1.47 bits per heavy atom. The van der Waals surface area contributed by atoms with Gasteiger partial charge in [0.15, 0.2) is 0 Å². The Kier molecular flexibility index (Phi) is 3.60. The number of imidazole rings is 1. The lowest BCUT2D eigenvalue weighted by Crippen LogP contribution is -2.37. The van der Waals surface area contributed by atoms with E-state index in [1.54, 1.807) is 13.0 Å². The molecule has 1 unspecified atom stereocenters. The molecule has 1 aromatic heterocycles. The largest absolute Gasteiger partial charge is 0.388 e. The first-order chi connectivity index (χ1) is 8.84. The zero-order valence-corrected chi connectivity index (χ0v) is 11.5. The van der Waals surface area contributed by atoms with E-state index in [0.717, 1.165) is 16.9 Å². The number of hydrogen-bond donors (Lipinski definition) is 2. The number of aromatic nitrogens is 2. The fraction of sp³-hybridized carbons (Fsp3) is 0.500. The SMILES string of the molecule is CC(C)n1c(CC(C)(O)CN)nc2ccc(F)cc21. The summed E-state index contributed by atoms with van der Waals surface area (Å²) in [7, 11) is 0. The number of nitrogens with zero attached hydrogens (tertiary/aromatic N) is 2. The molecule has 104 valence electrons. The standard InChI is InChI=1S/C14H20FN3O/c1-9(2)18-12-6-10(15)4-5-11(12)17-13(18)7-14(3,19)8-16/h4-6,9,19H,7-8,16H2,1-3H3. The van der Waals surface area contributed by atoms with Crippen molar-refractivity contribution in [2.24, 2.45) is 5.73 Å². The first-order valence-electron chi connectivity index (χ1n) is 6.43. The minimum Gasteiger partial charge on any atom is -0.388 e. The van der Waals surface area contributed by atoms with E-state index in [0.29, 0.717) is 6.42 Å². The molecule has 1 atom stereocenters. The van der Waals surface area contributed by atoms with Gasteiger partial charge in [-0.3, -0.25) is 0 Å². The van der Waals surface area contributed by atoms with Crippen LogP contribution in [0.1, 0.15) is 32.6 Å². The fourth-order valence-electron chi connectivity index (χ4n) is 2.23. The van der Waals surface area contributed by atoms with Crippen molar-refractivity contribution in [3.05, 3.63) is 29.8 Å². The molecule has 4 nitrogen and oxygen atoms in total. The molecule has 0 aliphatic heterocycles. The highest BCUT2D eigenvalue weighted by Crippen LogP contribution is 2.24. The van der Waals surface area contributed by atoms with Gasteiger partial charge in [-0.25, -0.2) is 9.37 Å². The van der Waals surface area contributed by atoms with E-state index in [-0.39, 0.29) is 18.4 Å². The van der Waals surface area contributed by atoms with Crippen LogP contribution in [0.5, 0.6) is 0 Å². The molecule has 0 spiro atoms. The van der Waals surface area contributed by atoms with Gasteiger partial charge < -0.3 is 15.4 Å². The first kappa shape index (κ1) is 14.0. The van der Waals surface area contributed by atoms with Gasteiger partial charge >= 0.3 is 0 Å². The van der Waals surface area contributed by atoms with Gasteiger partial charge in [0, 0.05) is 19.0 Å². The maximum Gasteiger partial charge on any atom is 0.125 e. The van der Waals surface area contributed by atoms with Crippen molar-refractivity contribution in [1.82, 2.24) is 9.55 Å². The molecule has 3 N–H and O–H groups in total. The topological polar surface area (TPSA) is 64.1 Å². The molecular weight excluding hydrogens is 245 g/mol. The van der Waals surface area contributed by atoms with Crippen molar-refractivity contribution < 1.29 is 9.50 Å². The molecule has 0 amide bonds. The first-order valence-corrected chi connectivity index (χ1v) is 6.43. The van der Waals surface area contributed by atoms with Gasteiger partial charge in [0.25, 0.3) is 0 Å². The van der Waals surface area contributed by atoms with Crippen LogP contribution in [0.15, 0.2) is 18.2 Å². The van der Waals surface area contributed by atoms with Gasteiger partial charge in [-0.15, -0.1) is 0 Å². The Morgan fingerprint density at radius 3 is 2.74 bits per heavy atom. The summed E-state index contributed by atoms with van der Waals surface area (Å²) >= 11 is 0. The molecule has 1 heterocycles. The molecule has 0 aliphatic rings. The highest BCUT2D eigenvalue weighted by molar-refractivity contribution is 5.76. The third-order valence-electron chi connectivity index (χ3n) is 3.22. The Hall–Kier alpha value is -1.46. The van der Waals surface area contributed by atoms with Crippen molar-refractivity contribution in [2.45, 2.75) is 38.8 Å². The van der Waals surface area contributed by atoms with Crippen molar-refractivity contribution >= 4 is 11.0 Å². The summed E-state index contributed by atoms with van der Waals surface area (Å²) in [5.74, 6) is 0.442. The fourth-order valence-corrected chi connectivity index (χ4v) is 2.23. The number of nitrogens with two attached hydrogens (primary N) is 1. The number of hydrogen-bond acceptors (Lipinski definition) is 3. The summed E-state index contributed by atoms with van der Waals surface area (Å²) in [6.07, 6.45) is 0.345. The molecule has 0 aliphatic carbocycles. The van der Waals surface area contributed by atoms with Gasteiger partial charge in [0.2, 0.25) is 0 Å². The quantitative estimate of drug-likeness (QED) is 0.888. The van der Waals surface area contributed by atoms with Crippen LogP contribution in [-0.4, -0.2) is 26.8 Å². The van der Waals surface area contributed by atoms with Crippen molar-refractivity contribution in [3.8, 4) is 0 Å². The van der Waals surface area contributed by atoms with Gasteiger partial charge in [0.1, 0.15) is 11.6 Å². The average molecular weight is 265 g/mol. The summed E-state index contributed by atoms with van der Waals surface area (Å²) < 4.78 is 15.3. The molecule has 2 aromatic rings. The predicted molar refractivity (Wildman–Crippen MR) is 73.5 cm³/mol. The molecule has 0 radical (unpaired) electrons. The van der Waals surface area contributed by atoms with Gasteiger partial charge in [-0.2, -0.15) is 0 Å². The van der Waals surface area contributed by atoms with Crippen LogP contribution in [0.3, 0.4) is 0 Å². The average Bonchev–Trinajstić information content (AvgIpc) is 2.65. The van der Waals surface area contributed by atoms with Crippen LogP contribution in [0.4, 0.5) is 4.39 Å². The van der Waals surface area contributed by atoms with Crippen molar-refractivity contribution in [3.63, 3.8) is 0 Å². The Morgan fingerprint density at radius 2 is 2.16 bits per heavy atom. The molecule has 1 aromatic carbocycles. The van der Waals surface area contributed by atoms with E-state index in [2.05, 4.69) is 4.98 Å². The lowest BCUT2D eigenvalue weighted by Gasteiger charge is -2.22. The molecular formula is C14H20FN3O. The van der Waals surface area contributed by atoms with Gasteiger partial charge in [-0.1, -0.05) is 0 Å². The van der Waals surface area contributed by atoms with Crippen LogP contribution < -0.4 is 5.73 Å². The number of fused-ring (bicyclic) bond motifs is 1. The van der Waals surface area contributed by atoms with Crippen LogP contribution in [-0.2, 0) is 6.42 Å². The maximum absolute atomic E-state index is 13.4. The second kappa shape index (κ2) is 4.90. The predicted octanol–water partition coefficient (Wildman–Crippen LogP) is 2.01. The normalized spacial score (nSPS) is 15.1. The maximum atomic E-state index is 13.4. The summed E-state index contributed by atoms with van der Waals surface area (Å²) in [4.78, 5) is 4.49. The van der Waals surface area contributed by atoms with Gasteiger partial charge in [0.05, 0.1) is 16.6 Å². The lowest BCUT2D eigenvalue weighted by molar-refractivity contribution is 0.0665. The zero-order chi connectivity index (χ0) is 14.2. The minimum absolute atomic E-state index is 0.135. The summed E-state index contributed by atoms with van der Waals surface area (Å²) in [5, 5.41) is 10.1. The van der Waals surface area contributed by atoms with Crippen LogP contribution in [0.2, 0.25) is 0 Å². The monoisotopic (exact) mass is 265 g/mol. The van der Waals surface area contributed by atoms with E-state index in [1.165, 1.54) is 12.1 Å². The molecule has 0 saturated heterocycles. The number of rotatable bonds is 4. The van der Waals surface area contributed by atoms with Gasteiger partial charge in [-0.05, 0) is 39.0 Å². The Labute approximate surface area is 112 Å². The third-order valence-corrected chi connectivity index (χ3v) is 3.22. The molecule has 0 fully saturated rings. The van der Waals surface area contributed by atoms with Crippen molar-refractivity contribution in [1.29, 1.82) is 0 Å². The summed E-state index contributed by atoms with van der Waals surface area (Å²) in [5.41, 5.74) is 6.03. The Balaban J connectivity index is 2.57. The lowest BCUT2D eigenvalue weighted by atomic mass is 10.0. The summed E-state index contributed by atoms with van der Waals surface area (Å²) in [6, 6.07) is 4.66. The number of benzene rings is 1. The van der Waals surface area contributed by atoms with E-state index in [1.807, 2.05) is 18.4 Å². The van der Waals surface area contributed by atoms with Crippen LogP contribution in [0.25, 0.3) is 11.0 Å². The highest BCUT2D eigenvalue weighted by Gasteiger charge is 2.24. The van der Waals surface area contributed by atoms with E-state index in [9.17, 15) is 9.50 Å². The summed E-state index contributed by atoms with van der Waals surface area (Å²) in [6.45, 7) is 5.85. The van der Waals surface area contributed by atoms with E-state index in [4.69, 9.17) is 5.73 Å². The van der Waals surface area contributed by atoms with E-state index >= 15 is 0 Å². The van der Waals surface area contributed by atoms with Crippen molar-refractivity contribution in [2.75, 3.05) is 6.54 Å². The van der Waals surface area contributed by atoms with E-state index < -0.39 is 5.60 Å². The second-order valence-corrected chi connectivity index (χ2v) is 5.50. The molecule has 5 heteroatoms. The zero-order valence-electron chi connectivity index (χ0n) is 11.5. The van der Waals surface area contributed by atoms with Crippen LogP contribution in [0, 0.1) is 5.82 Å². The smallest absolute Gasteiger partial charge is 0.125 e. The molecule has 0 bridgehead atoms. The molecule has 0 saturated carbocycles. The Bertz CT molecular complexity index is 590. The van der Waals surface area contributed by atoms with Crippen LogP contribution >= 0.6 is 0 Å². The minimum atomic E-state index is -1.01. The molecule has 2 rings (SSSR count). The number of aliphatic hydroxyl groups is 1. The molecule has 19 heavy (non-hydrogen) atoms. The highest BCUT2D eigenvalue weighted by atomic mass is 19.1. The third kappa shape index (κ3) is 2.77. The number of halogens is 1. The second-order valence-electron chi connectivity index (χ2n) is 5.50.